The fourth-order valence-corrected chi connectivity index (χ4v) is 3.00. The van der Waals surface area contributed by atoms with Gasteiger partial charge in [-0.1, -0.05) is 56.8 Å². The highest BCUT2D eigenvalue weighted by molar-refractivity contribution is 8.14. The molecular formula is C17H24O3S. The van der Waals surface area contributed by atoms with Gasteiger partial charge in [-0.3, -0.25) is 4.79 Å². The van der Waals surface area contributed by atoms with Gasteiger partial charge in [-0.15, -0.1) is 0 Å². The molecule has 0 aliphatic carbocycles. The molecule has 0 radical (unpaired) electrons. The van der Waals surface area contributed by atoms with Crippen LogP contribution in [0.3, 0.4) is 0 Å². The lowest BCUT2D eigenvalue weighted by molar-refractivity contribution is -0.235. The molecule has 1 saturated heterocycles. The molecule has 0 unspecified atom stereocenters. The summed E-state index contributed by atoms with van der Waals surface area (Å²) in [4.78, 5) is 11.8. The van der Waals surface area contributed by atoms with E-state index in [-0.39, 0.29) is 16.8 Å². The highest BCUT2D eigenvalue weighted by Gasteiger charge is 2.34. The molecule has 4 heteroatoms. The van der Waals surface area contributed by atoms with E-state index in [4.69, 9.17) is 9.47 Å². The zero-order valence-corrected chi connectivity index (χ0v) is 13.9. The fraction of sp³-hybridized carbons (Fsp3) is 0.588. The first-order valence-corrected chi connectivity index (χ1v) is 8.63. The lowest BCUT2D eigenvalue weighted by atomic mass is 9.83. The minimum atomic E-state index is -0.306. The first-order valence-electron chi connectivity index (χ1n) is 7.64. The minimum absolute atomic E-state index is 0.116. The summed E-state index contributed by atoms with van der Waals surface area (Å²) in [7, 11) is 0. The number of carbonyl (C=O) groups is 1. The number of rotatable bonds is 5. The van der Waals surface area contributed by atoms with E-state index in [9.17, 15) is 4.79 Å². The zero-order valence-electron chi connectivity index (χ0n) is 13.1. The van der Waals surface area contributed by atoms with Gasteiger partial charge < -0.3 is 9.47 Å². The molecule has 2 rings (SSSR count). The van der Waals surface area contributed by atoms with E-state index in [1.807, 2.05) is 31.2 Å². The molecule has 3 nitrogen and oxygen atoms in total. The van der Waals surface area contributed by atoms with Gasteiger partial charge in [0.05, 0.1) is 13.2 Å². The molecule has 21 heavy (non-hydrogen) atoms. The van der Waals surface area contributed by atoms with Crippen LogP contribution >= 0.6 is 11.8 Å². The van der Waals surface area contributed by atoms with E-state index in [2.05, 4.69) is 13.8 Å². The van der Waals surface area contributed by atoms with Gasteiger partial charge in [-0.05, 0) is 18.6 Å². The predicted octanol–water partition coefficient (Wildman–Crippen LogP) is 4.43. The number of thioether (sulfide) groups is 1. The van der Waals surface area contributed by atoms with Gasteiger partial charge in [0.2, 0.25) is 5.12 Å². The van der Waals surface area contributed by atoms with Crippen LogP contribution < -0.4 is 0 Å². The topological polar surface area (TPSA) is 35.5 Å². The summed E-state index contributed by atoms with van der Waals surface area (Å²) >= 11 is 1.33. The van der Waals surface area contributed by atoms with E-state index < -0.39 is 0 Å². The molecule has 0 amide bonds. The molecular weight excluding hydrogens is 284 g/mol. The maximum atomic E-state index is 11.8. The quantitative estimate of drug-likeness (QED) is 0.806. The normalized spacial score (nSPS) is 18.6. The summed E-state index contributed by atoms with van der Waals surface area (Å²) in [5.74, 6) is 0.797. The fourth-order valence-electron chi connectivity index (χ4n) is 2.44. The van der Waals surface area contributed by atoms with Crippen LogP contribution in [0.4, 0.5) is 0 Å². The molecule has 0 atom stereocenters. The van der Waals surface area contributed by atoms with Gasteiger partial charge in [0.1, 0.15) is 0 Å². The first kappa shape index (κ1) is 16.5. The van der Waals surface area contributed by atoms with E-state index in [1.54, 1.807) is 0 Å². The first-order chi connectivity index (χ1) is 10.1. The summed E-state index contributed by atoms with van der Waals surface area (Å²) in [5, 5.41) is 0.116. The second-order valence-corrected chi connectivity index (χ2v) is 6.74. The highest BCUT2D eigenvalue weighted by Crippen LogP contribution is 2.36. The van der Waals surface area contributed by atoms with Gasteiger partial charge in [-0.2, -0.15) is 0 Å². The van der Waals surface area contributed by atoms with Crippen molar-refractivity contribution in [2.45, 2.75) is 39.9 Å². The average molecular weight is 308 g/mol. The number of carbonyl (C=O) groups excluding carboxylic acids is 1. The third-order valence-corrected chi connectivity index (χ3v) is 5.06. The Balaban J connectivity index is 1.99. The van der Waals surface area contributed by atoms with Crippen molar-refractivity contribution in [3.63, 3.8) is 0 Å². The van der Waals surface area contributed by atoms with Crippen molar-refractivity contribution in [3.8, 4) is 0 Å². The number of hydrogen-bond acceptors (Lipinski definition) is 4. The summed E-state index contributed by atoms with van der Waals surface area (Å²) in [5.41, 5.74) is 1.87. The van der Waals surface area contributed by atoms with Crippen LogP contribution in [0.2, 0.25) is 0 Å². The van der Waals surface area contributed by atoms with Gasteiger partial charge >= 0.3 is 0 Å². The van der Waals surface area contributed by atoms with Crippen LogP contribution in [0, 0.1) is 5.41 Å². The average Bonchev–Trinajstić information content (AvgIpc) is 2.55. The van der Waals surface area contributed by atoms with Crippen LogP contribution in [0.1, 0.15) is 55.8 Å². The Morgan fingerprint density at radius 1 is 1.14 bits per heavy atom. The number of benzene rings is 1. The smallest absolute Gasteiger partial charge is 0.219 e. The summed E-state index contributed by atoms with van der Waals surface area (Å²) in [6, 6.07) is 7.57. The molecule has 1 aliphatic rings. The predicted molar refractivity (Wildman–Crippen MR) is 86.6 cm³/mol. The van der Waals surface area contributed by atoms with Crippen LogP contribution in [0.15, 0.2) is 24.3 Å². The lowest BCUT2D eigenvalue weighted by Crippen LogP contribution is -2.37. The second kappa shape index (κ2) is 7.43. The SMILES string of the molecule is CCSC(=O)c1ccc(C2OCC(CC)(CC)CO2)cc1. The Morgan fingerprint density at radius 2 is 1.71 bits per heavy atom. The standard InChI is InChI=1S/C17H24O3S/c1-4-17(5-2)11-19-16(20-12-17)14-9-7-13(8-10-14)15(18)21-6-3/h7-10,16H,4-6,11-12H2,1-3H3. The molecule has 1 aromatic rings. The van der Waals surface area contributed by atoms with Gasteiger partial charge in [0.15, 0.2) is 6.29 Å². The van der Waals surface area contributed by atoms with E-state index in [0.29, 0.717) is 0 Å². The van der Waals surface area contributed by atoms with Crippen molar-refractivity contribution in [1.82, 2.24) is 0 Å². The number of ether oxygens (including phenoxy) is 2. The maximum Gasteiger partial charge on any atom is 0.219 e. The maximum absolute atomic E-state index is 11.8. The van der Waals surface area contributed by atoms with Crippen molar-refractivity contribution in [2.24, 2.45) is 5.41 Å². The minimum Gasteiger partial charge on any atom is -0.348 e. The van der Waals surface area contributed by atoms with Crippen molar-refractivity contribution >= 4 is 16.9 Å². The molecule has 0 spiro atoms. The Kier molecular flexibility index (Phi) is 5.85. The summed E-state index contributed by atoms with van der Waals surface area (Å²) in [6.45, 7) is 7.81. The Labute approximate surface area is 131 Å². The highest BCUT2D eigenvalue weighted by atomic mass is 32.2. The molecule has 116 valence electrons. The molecule has 1 fully saturated rings. The molecule has 0 aromatic heterocycles. The van der Waals surface area contributed by atoms with E-state index >= 15 is 0 Å². The summed E-state index contributed by atoms with van der Waals surface area (Å²) in [6.07, 6.45) is 1.83. The van der Waals surface area contributed by atoms with Gasteiger partial charge in [-0.25, -0.2) is 0 Å². The van der Waals surface area contributed by atoms with Crippen molar-refractivity contribution < 1.29 is 14.3 Å². The molecule has 0 bridgehead atoms. The van der Waals surface area contributed by atoms with Crippen LogP contribution in [0.25, 0.3) is 0 Å². The van der Waals surface area contributed by atoms with E-state index in [1.165, 1.54) is 11.8 Å². The Hall–Kier alpha value is -0.840. The second-order valence-electron chi connectivity index (χ2n) is 5.50. The molecule has 1 heterocycles. The Morgan fingerprint density at radius 3 is 2.19 bits per heavy atom. The largest absolute Gasteiger partial charge is 0.348 e. The molecule has 0 saturated carbocycles. The summed E-state index contributed by atoms with van der Waals surface area (Å²) < 4.78 is 11.8. The van der Waals surface area contributed by atoms with Crippen LogP contribution in [-0.4, -0.2) is 24.1 Å². The van der Waals surface area contributed by atoms with Crippen LogP contribution in [0.5, 0.6) is 0 Å². The molecule has 1 aromatic carbocycles. The van der Waals surface area contributed by atoms with Crippen LogP contribution in [-0.2, 0) is 9.47 Å². The zero-order chi connectivity index (χ0) is 15.3. The van der Waals surface area contributed by atoms with Gasteiger partial charge in [0, 0.05) is 16.5 Å². The van der Waals surface area contributed by atoms with E-state index in [0.717, 1.165) is 42.9 Å². The van der Waals surface area contributed by atoms with Crippen molar-refractivity contribution in [1.29, 1.82) is 0 Å². The third kappa shape index (κ3) is 3.87. The molecule has 1 aliphatic heterocycles. The monoisotopic (exact) mass is 308 g/mol. The van der Waals surface area contributed by atoms with Crippen molar-refractivity contribution in [3.05, 3.63) is 35.4 Å². The van der Waals surface area contributed by atoms with Crippen molar-refractivity contribution in [2.75, 3.05) is 19.0 Å². The van der Waals surface area contributed by atoms with Gasteiger partial charge in [0.25, 0.3) is 0 Å². The Bertz CT molecular complexity index is 455. The molecule has 0 N–H and O–H groups in total. The number of hydrogen-bond donors (Lipinski definition) is 0. The lowest BCUT2D eigenvalue weighted by Gasteiger charge is -2.39. The third-order valence-electron chi connectivity index (χ3n) is 4.28.